The Morgan fingerprint density at radius 2 is 1.85 bits per heavy atom. The van der Waals surface area contributed by atoms with Crippen molar-refractivity contribution in [3.8, 4) is 0 Å². The summed E-state index contributed by atoms with van der Waals surface area (Å²) in [7, 11) is 0. The molecule has 0 bridgehead atoms. The molecule has 0 saturated carbocycles. The summed E-state index contributed by atoms with van der Waals surface area (Å²) in [6.07, 6.45) is -5.54. The normalized spacial score (nSPS) is 24.3. The van der Waals surface area contributed by atoms with E-state index in [1.54, 1.807) is 0 Å². The Labute approximate surface area is 152 Å². The lowest BCUT2D eigenvalue weighted by Gasteiger charge is -2.45. The third-order valence-corrected chi connectivity index (χ3v) is 4.76. The summed E-state index contributed by atoms with van der Waals surface area (Å²) in [6, 6.07) is 1.92. The Morgan fingerprint density at radius 1 is 1.22 bits per heavy atom. The lowest BCUT2D eigenvalue weighted by Crippen LogP contribution is -2.71. The van der Waals surface area contributed by atoms with Crippen LogP contribution in [-0.2, 0) is 15.8 Å². The van der Waals surface area contributed by atoms with Crippen molar-refractivity contribution in [1.82, 2.24) is 15.1 Å². The Kier molecular flexibility index (Phi) is 4.85. The van der Waals surface area contributed by atoms with Crippen LogP contribution in [0.15, 0.2) is 24.3 Å². The zero-order valence-corrected chi connectivity index (χ0v) is 14.4. The third kappa shape index (κ3) is 3.61. The standard InChI is InChI=1S/C17H18F3N3O4/c1-9(24)13-16(27)23-7-6-22(8-12(23)14(25)21-13)15(26)10-2-4-11(5-3-10)17(18,19)20/h2-5,9,12-13,24H,6-8H2,1H3,(H,21,25)/t9-,12+,13+/m0/s1. The summed E-state index contributed by atoms with van der Waals surface area (Å²) in [5.41, 5.74) is -0.786. The number of carbonyl (C=O) groups excluding carboxylic acids is 3. The molecule has 3 amide bonds. The molecule has 2 aliphatic heterocycles. The summed E-state index contributed by atoms with van der Waals surface area (Å²) >= 11 is 0. The van der Waals surface area contributed by atoms with E-state index in [1.807, 2.05) is 0 Å². The first-order valence-electron chi connectivity index (χ1n) is 8.35. The van der Waals surface area contributed by atoms with Crippen LogP contribution in [0, 0.1) is 0 Å². The number of nitrogens with one attached hydrogen (secondary N) is 1. The Hall–Kier alpha value is -2.62. The van der Waals surface area contributed by atoms with E-state index in [-0.39, 0.29) is 25.2 Å². The molecule has 0 aliphatic carbocycles. The first-order valence-corrected chi connectivity index (χ1v) is 8.35. The molecule has 2 fully saturated rings. The summed E-state index contributed by atoms with van der Waals surface area (Å²) in [6.45, 7) is 1.58. The monoisotopic (exact) mass is 385 g/mol. The fourth-order valence-electron chi connectivity index (χ4n) is 3.26. The molecule has 3 atom stereocenters. The van der Waals surface area contributed by atoms with E-state index >= 15 is 0 Å². The maximum absolute atomic E-state index is 12.6. The van der Waals surface area contributed by atoms with Crippen LogP contribution in [0.2, 0.25) is 0 Å². The van der Waals surface area contributed by atoms with Crippen molar-refractivity contribution in [2.75, 3.05) is 19.6 Å². The molecule has 27 heavy (non-hydrogen) atoms. The number of benzene rings is 1. The van der Waals surface area contributed by atoms with Crippen LogP contribution in [0.3, 0.4) is 0 Å². The van der Waals surface area contributed by atoms with E-state index in [0.717, 1.165) is 24.3 Å². The van der Waals surface area contributed by atoms with E-state index in [2.05, 4.69) is 5.32 Å². The number of carbonyl (C=O) groups is 3. The fourth-order valence-corrected chi connectivity index (χ4v) is 3.26. The number of alkyl halides is 3. The van der Waals surface area contributed by atoms with Gasteiger partial charge in [0.15, 0.2) is 0 Å². The number of hydrogen-bond acceptors (Lipinski definition) is 4. The first-order chi connectivity index (χ1) is 12.6. The van der Waals surface area contributed by atoms with Crippen molar-refractivity contribution in [3.05, 3.63) is 35.4 Å². The van der Waals surface area contributed by atoms with Crippen molar-refractivity contribution in [1.29, 1.82) is 0 Å². The SMILES string of the molecule is C[C@H](O)[C@H]1NC(=O)[C@H]2CN(C(=O)c3ccc(C(F)(F)F)cc3)CCN2C1=O. The number of aliphatic hydroxyl groups is 1. The molecule has 2 heterocycles. The van der Waals surface area contributed by atoms with Crippen LogP contribution in [0.25, 0.3) is 0 Å². The number of rotatable bonds is 2. The molecular weight excluding hydrogens is 367 g/mol. The molecule has 3 rings (SSSR count). The van der Waals surface area contributed by atoms with Gasteiger partial charge < -0.3 is 20.2 Å². The van der Waals surface area contributed by atoms with Crippen LogP contribution in [-0.4, -0.2) is 70.4 Å². The maximum atomic E-state index is 12.6. The van der Waals surface area contributed by atoms with Crippen LogP contribution < -0.4 is 5.32 Å². The fraction of sp³-hybridized carbons (Fsp3) is 0.471. The van der Waals surface area contributed by atoms with Gasteiger partial charge in [-0.1, -0.05) is 0 Å². The highest BCUT2D eigenvalue weighted by Crippen LogP contribution is 2.29. The molecule has 0 unspecified atom stereocenters. The van der Waals surface area contributed by atoms with Gasteiger partial charge in [0.25, 0.3) is 5.91 Å². The minimum Gasteiger partial charge on any atom is -0.391 e. The largest absolute Gasteiger partial charge is 0.416 e. The lowest BCUT2D eigenvalue weighted by molar-refractivity contribution is -0.155. The van der Waals surface area contributed by atoms with Gasteiger partial charge >= 0.3 is 6.18 Å². The highest BCUT2D eigenvalue weighted by Gasteiger charge is 2.45. The van der Waals surface area contributed by atoms with E-state index in [1.165, 1.54) is 16.7 Å². The van der Waals surface area contributed by atoms with Gasteiger partial charge in [0, 0.05) is 18.7 Å². The highest BCUT2D eigenvalue weighted by atomic mass is 19.4. The van der Waals surface area contributed by atoms with Gasteiger partial charge in [0.2, 0.25) is 11.8 Å². The summed E-state index contributed by atoms with van der Waals surface area (Å²) in [5, 5.41) is 12.1. The molecule has 0 aromatic heterocycles. The maximum Gasteiger partial charge on any atom is 0.416 e. The number of nitrogens with zero attached hydrogens (tertiary/aromatic N) is 2. The van der Waals surface area contributed by atoms with Gasteiger partial charge in [-0.2, -0.15) is 13.2 Å². The first kappa shape index (κ1) is 19.2. The van der Waals surface area contributed by atoms with Crippen LogP contribution in [0.1, 0.15) is 22.8 Å². The number of fused-ring (bicyclic) bond motifs is 1. The van der Waals surface area contributed by atoms with Crippen molar-refractivity contribution < 1.29 is 32.7 Å². The van der Waals surface area contributed by atoms with Gasteiger partial charge in [-0.05, 0) is 31.2 Å². The number of amides is 3. The van der Waals surface area contributed by atoms with Gasteiger partial charge in [0.05, 0.1) is 18.2 Å². The Balaban J connectivity index is 1.73. The van der Waals surface area contributed by atoms with E-state index < -0.39 is 47.6 Å². The highest BCUT2D eigenvalue weighted by molar-refractivity contribution is 5.99. The van der Waals surface area contributed by atoms with Crippen LogP contribution in [0.5, 0.6) is 0 Å². The van der Waals surface area contributed by atoms with Crippen LogP contribution >= 0.6 is 0 Å². The summed E-state index contributed by atoms with van der Waals surface area (Å²) < 4.78 is 37.9. The molecule has 2 aliphatic rings. The molecular formula is C17H18F3N3O4. The molecule has 2 N–H and O–H groups in total. The Morgan fingerprint density at radius 3 is 2.41 bits per heavy atom. The van der Waals surface area contributed by atoms with Crippen molar-refractivity contribution >= 4 is 17.7 Å². The molecule has 146 valence electrons. The van der Waals surface area contributed by atoms with E-state index in [0.29, 0.717) is 0 Å². The molecule has 0 spiro atoms. The second-order valence-corrected chi connectivity index (χ2v) is 6.60. The van der Waals surface area contributed by atoms with Gasteiger partial charge in [-0.25, -0.2) is 0 Å². The number of hydrogen-bond donors (Lipinski definition) is 2. The zero-order valence-electron chi connectivity index (χ0n) is 14.4. The van der Waals surface area contributed by atoms with Gasteiger partial charge in [0.1, 0.15) is 12.1 Å². The number of piperazine rings is 2. The van der Waals surface area contributed by atoms with Crippen molar-refractivity contribution in [2.24, 2.45) is 0 Å². The predicted molar refractivity (Wildman–Crippen MR) is 86.5 cm³/mol. The lowest BCUT2D eigenvalue weighted by atomic mass is 10.0. The Bertz CT molecular complexity index is 764. The molecule has 2 saturated heterocycles. The van der Waals surface area contributed by atoms with Crippen molar-refractivity contribution in [3.63, 3.8) is 0 Å². The summed E-state index contributed by atoms with van der Waals surface area (Å²) in [4.78, 5) is 39.9. The zero-order chi connectivity index (χ0) is 19.9. The average molecular weight is 385 g/mol. The van der Waals surface area contributed by atoms with Crippen molar-refractivity contribution in [2.45, 2.75) is 31.3 Å². The average Bonchev–Trinajstić information content (AvgIpc) is 2.63. The second kappa shape index (κ2) is 6.84. The van der Waals surface area contributed by atoms with Gasteiger partial charge in [-0.15, -0.1) is 0 Å². The molecule has 1 aromatic carbocycles. The topological polar surface area (TPSA) is 89.9 Å². The van der Waals surface area contributed by atoms with E-state index in [9.17, 15) is 32.7 Å². The third-order valence-electron chi connectivity index (χ3n) is 4.76. The minimum atomic E-state index is -4.49. The van der Waals surface area contributed by atoms with Crippen LogP contribution in [0.4, 0.5) is 13.2 Å². The molecule has 7 nitrogen and oxygen atoms in total. The second-order valence-electron chi connectivity index (χ2n) is 6.60. The number of aliphatic hydroxyl groups excluding tert-OH is 1. The molecule has 10 heteroatoms. The predicted octanol–water partition coefficient (Wildman–Crippen LogP) is 0.238. The number of halogens is 3. The minimum absolute atomic E-state index is 0.0655. The smallest absolute Gasteiger partial charge is 0.391 e. The molecule has 1 aromatic rings. The quantitative estimate of drug-likeness (QED) is 0.763. The summed E-state index contributed by atoms with van der Waals surface area (Å²) in [5.74, 6) is -1.41. The van der Waals surface area contributed by atoms with Gasteiger partial charge in [-0.3, -0.25) is 14.4 Å². The van der Waals surface area contributed by atoms with E-state index in [4.69, 9.17) is 0 Å². The molecule has 0 radical (unpaired) electrons.